The average Bonchev–Trinajstić information content (AvgIpc) is 2.85. The molecule has 0 saturated heterocycles. The van der Waals surface area contributed by atoms with Gasteiger partial charge in [-0.1, -0.05) is 12.8 Å². The molecule has 1 aliphatic rings. The van der Waals surface area contributed by atoms with Crippen molar-refractivity contribution in [3.63, 3.8) is 0 Å². The van der Waals surface area contributed by atoms with Crippen molar-refractivity contribution in [2.24, 2.45) is 5.92 Å². The lowest BCUT2D eigenvalue weighted by Gasteiger charge is -2.28. The highest BCUT2D eigenvalue weighted by Gasteiger charge is 2.35. The van der Waals surface area contributed by atoms with E-state index >= 15 is 0 Å². The number of nitrogens with zero attached hydrogens (tertiary/aromatic N) is 1. The monoisotopic (exact) mass is 286 g/mol. The van der Waals surface area contributed by atoms with Crippen molar-refractivity contribution in [1.82, 2.24) is 10.4 Å². The van der Waals surface area contributed by atoms with Gasteiger partial charge in [-0.25, -0.2) is 9.86 Å². The Morgan fingerprint density at radius 3 is 2.25 bits per heavy atom. The molecular formula is C14H26N2O4. The van der Waals surface area contributed by atoms with E-state index in [4.69, 9.17) is 9.57 Å². The van der Waals surface area contributed by atoms with Gasteiger partial charge in [0.05, 0.1) is 7.11 Å². The summed E-state index contributed by atoms with van der Waals surface area (Å²) < 4.78 is 5.23. The zero-order valence-electron chi connectivity index (χ0n) is 13.1. The number of ether oxygens (including phenoxy) is 1. The number of likely N-dealkylation sites (N-methyl/N-ethyl adjacent to an activating group) is 1. The first-order valence-electron chi connectivity index (χ1n) is 7.06. The maximum atomic E-state index is 12.3. The van der Waals surface area contributed by atoms with Crippen molar-refractivity contribution in [3.05, 3.63) is 0 Å². The molecule has 0 spiro atoms. The number of hydrogen-bond donors (Lipinski definition) is 1. The van der Waals surface area contributed by atoms with E-state index in [1.54, 1.807) is 27.8 Å². The number of carbonyl (C=O) groups is 2. The standard InChI is InChI=1S/C14H26N2O4/c1-14(2,3)20-13(18)15-11(10-8-6-7-9-10)12(17)16(4)19-5/h10-11H,6-9H2,1-5H3,(H,15,18)/t11-/m0/s1. The molecule has 1 fully saturated rings. The number of carbonyl (C=O) groups excluding carboxylic acids is 2. The minimum atomic E-state index is -0.586. The number of hydroxylamine groups is 2. The second-order valence-corrected chi connectivity index (χ2v) is 6.19. The number of rotatable bonds is 4. The maximum Gasteiger partial charge on any atom is 0.408 e. The van der Waals surface area contributed by atoms with Crippen molar-refractivity contribution < 1.29 is 19.2 Å². The molecule has 0 unspecified atom stereocenters. The van der Waals surface area contributed by atoms with E-state index in [1.807, 2.05) is 0 Å². The van der Waals surface area contributed by atoms with Crippen LogP contribution in [0.4, 0.5) is 4.79 Å². The zero-order chi connectivity index (χ0) is 15.3. The SMILES string of the molecule is CON(C)C(=O)[C@@H](NC(=O)OC(C)(C)C)C1CCCC1. The quantitative estimate of drug-likeness (QED) is 0.804. The topological polar surface area (TPSA) is 67.9 Å². The first kappa shape index (κ1) is 16.8. The van der Waals surface area contributed by atoms with E-state index in [0.29, 0.717) is 0 Å². The van der Waals surface area contributed by atoms with Gasteiger partial charge in [-0.2, -0.15) is 0 Å². The summed E-state index contributed by atoms with van der Waals surface area (Å²) in [6.07, 6.45) is 3.47. The summed E-state index contributed by atoms with van der Waals surface area (Å²) >= 11 is 0. The van der Waals surface area contributed by atoms with Crippen molar-refractivity contribution >= 4 is 12.0 Å². The smallest absolute Gasteiger partial charge is 0.408 e. The highest BCUT2D eigenvalue weighted by Crippen LogP contribution is 2.28. The molecule has 0 radical (unpaired) electrons. The lowest BCUT2D eigenvalue weighted by molar-refractivity contribution is -0.172. The fraction of sp³-hybridized carbons (Fsp3) is 0.857. The van der Waals surface area contributed by atoms with Crippen LogP contribution in [0.3, 0.4) is 0 Å². The highest BCUT2D eigenvalue weighted by molar-refractivity contribution is 5.85. The minimum Gasteiger partial charge on any atom is -0.444 e. The Morgan fingerprint density at radius 2 is 1.80 bits per heavy atom. The third-order valence-electron chi connectivity index (χ3n) is 3.39. The van der Waals surface area contributed by atoms with Gasteiger partial charge in [0.25, 0.3) is 5.91 Å². The zero-order valence-corrected chi connectivity index (χ0v) is 13.1. The maximum absolute atomic E-state index is 12.3. The molecule has 1 atom stereocenters. The summed E-state index contributed by atoms with van der Waals surface area (Å²) in [6, 6.07) is -0.586. The predicted octanol–water partition coefficient (Wildman–Crippen LogP) is 2.09. The predicted molar refractivity (Wildman–Crippen MR) is 74.9 cm³/mol. The summed E-state index contributed by atoms with van der Waals surface area (Å²) in [5.41, 5.74) is -0.583. The highest BCUT2D eigenvalue weighted by atomic mass is 16.7. The van der Waals surface area contributed by atoms with E-state index in [1.165, 1.54) is 7.11 Å². The largest absolute Gasteiger partial charge is 0.444 e. The molecule has 1 saturated carbocycles. The number of alkyl carbamates (subject to hydrolysis) is 1. The van der Waals surface area contributed by atoms with Gasteiger partial charge in [0.2, 0.25) is 0 Å². The fourth-order valence-corrected chi connectivity index (χ4v) is 2.39. The lowest BCUT2D eigenvalue weighted by atomic mass is 9.97. The molecule has 1 N–H and O–H groups in total. The molecule has 1 rings (SSSR count). The Hall–Kier alpha value is -1.30. The average molecular weight is 286 g/mol. The van der Waals surface area contributed by atoms with Crippen LogP contribution >= 0.6 is 0 Å². The van der Waals surface area contributed by atoms with E-state index in [2.05, 4.69) is 5.32 Å². The third-order valence-corrected chi connectivity index (χ3v) is 3.39. The van der Waals surface area contributed by atoms with Crippen molar-refractivity contribution in [3.8, 4) is 0 Å². The van der Waals surface area contributed by atoms with Gasteiger partial charge in [-0.05, 0) is 39.5 Å². The number of hydrogen-bond acceptors (Lipinski definition) is 4. The first-order valence-corrected chi connectivity index (χ1v) is 7.06. The summed E-state index contributed by atoms with van der Waals surface area (Å²) in [5.74, 6) is -0.0992. The van der Waals surface area contributed by atoms with Crippen LogP contribution in [0.1, 0.15) is 46.5 Å². The van der Waals surface area contributed by atoms with Gasteiger partial charge in [0.1, 0.15) is 11.6 Å². The molecule has 1 aliphatic carbocycles. The van der Waals surface area contributed by atoms with Crippen molar-refractivity contribution in [2.45, 2.75) is 58.1 Å². The molecule has 20 heavy (non-hydrogen) atoms. The summed E-state index contributed by atoms with van der Waals surface area (Å²) in [5, 5.41) is 3.85. The summed E-state index contributed by atoms with van der Waals surface area (Å²) in [6.45, 7) is 5.38. The van der Waals surface area contributed by atoms with E-state index in [0.717, 1.165) is 30.7 Å². The molecule has 116 valence electrons. The Balaban J connectivity index is 2.72. The molecule has 0 heterocycles. The van der Waals surface area contributed by atoms with E-state index in [-0.39, 0.29) is 11.8 Å². The van der Waals surface area contributed by atoms with Gasteiger partial charge >= 0.3 is 6.09 Å². The normalized spacial score (nSPS) is 17.6. The Labute approximate surface area is 120 Å². The van der Waals surface area contributed by atoms with Crippen LogP contribution in [0.2, 0.25) is 0 Å². The van der Waals surface area contributed by atoms with E-state index < -0.39 is 17.7 Å². The molecule has 0 aromatic heterocycles. The summed E-state index contributed by atoms with van der Waals surface area (Å²) in [7, 11) is 2.97. The van der Waals surface area contributed by atoms with Crippen molar-refractivity contribution in [2.75, 3.05) is 14.2 Å². The van der Waals surface area contributed by atoms with Crippen LogP contribution in [0.25, 0.3) is 0 Å². The summed E-state index contributed by atoms with van der Waals surface area (Å²) in [4.78, 5) is 29.1. The molecule has 0 bridgehead atoms. The van der Waals surface area contributed by atoms with Gasteiger partial charge < -0.3 is 10.1 Å². The number of nitrogens with one attached hydrogen (secondary N) is 1. The van der Waals surface area contributed by atoms with Crippen LogP contribution in [0, 0.1) is 5.92 Å². The Bertz CT molecular complexity index is 346. The van der Waals surface area contributed by atoms with Crippen LogP contribution < -0.4 is 5.32 Å². The molecule has 2 amide bonds. The van der Waals surface area contributed by atoms with Gasteiger partial charge in [-0.3, -0.25) is 9.63 Å². The third kappa shape index (κ3) is 5.00. The molecule has 0 aromatic rings. The minimum absolute atomic E-state index is 0.146. The Morgan fingerprint density at radius 1 is 1.25 bits per heavy atom. The van der Waals surface area contributed by atoms with Crippen LogP contribution in [-0.2, 0) is 14.4 Å². The molecular weight excluding hydrogens is 260 g/mol. The van der Waals surface area contributed by atoms with E-state index in [9.17, 15) is 9.59 Å². The second-order valence-electron chi connectivity index (χ2n) is 6.19. The molecule has 0 aromatic carbocycles. The first-order chi connectivity index (χ1) is 9.24. The van der Waals surface area contributed by atoms with Crippen molar-refractivity contribution in [1.29, 1.82) is 0 Å². The molecule has 0 aliphatic heterocycles. The number of amides is 2. The molecule has 6 nitrogen and oxygen atoms in total. The van der Waals surface area contributed by atoms with Gasteiger partial charge in [-0.15, -0.1) is 0 Å². The fourth-order valence-electron chi connectivity index (χ4n) is 2.39. The lowest BCUT2D eigenvalue weighted by Crippen LogP contribution is -2.51. The van der Waals surface area contributed by atoms with Gasteiger partial charge in [0, 0.05) is 7.05 Å². The van der Waals surface area contributed by atoms with Gasteiger partial charge in [0.15, 0.2) is 0 Å². The van der Waals surface area contributed by atoms with Crippen LogP contribution in [-0.4, -0.2) is 42.9 Å². The Kier molecular flexibility index (Phi) is 5.80. The molecule has 6 heteroatoms. The van der Waals surface area contributed by atoms with Crippen LogP contribution in [0.5, 0.6) is 0 Å². The second kappa shape index (κ2) is 6.92. The van der Waals surface area contributed by atoms with Crippen LogP contribution in [0.15, 0.2) is 0 Å².